The Bertz CT molecular complexity index is 509. The Kier molecular flexibility index (Phi) is 6.56. The number of hydrogen-bond acceptors (Lipinski definition) is 3. The molecule has 0 bridgehead atoms. The van der Waals surface area contributed by atoms with Crippen LogP contribution in [0.5, 0.6) is 0 Å². The van der Waals surface area contributed by atoms with E-state index in [-0.39, 0.29) is 17.7 Å². The quantitative estimate of drug-likeness (QED) is 0.871. The fourth-order valence-corrected chi connectivity index (χ4v) is 2.24. The van der Waals surface area contributed by atoms with Gasteiger partial charge in [0.15, 0.2) is 0 Å². The molecule has 0 aliphatic carbocycles. The Morgan fingerprint density at radius 3 is 2.05 bits per heavy atom. The Balaban J connectivity index is 2.70. The summed E-state index contributed by atoms with van der Waals surface area (Å²) in [5, 5.41) is 9.33. The van der Waals surface area contributed by atoms with Gasteiger partial charge >= 0.3 is 0 Å². The van der Waals surface area contributed by atoms with Crippen LogP contribution >= 0.6 is 0 Å². The fourth-order valence-electron chi connectivity index (χ4n) is 2.24. The third kappa shape index (κ3) is 5.15. The summed E-state index contributed by atoms with van der Waals surface area (Å²) in [6.07, 6.45) is -0.552. The van der Waals surface area contributed by atoms with Crippen molar-refractivity contribution in [3.8, 4) is 0 Å². The Morgan fingerprint density at radius 1 is 1.05 bits per heavy atom. The van der Waals surface area contributed by atoms with Gasteiger partial charge in [0.05, 0.1) is 6.10 Å². The number of rotatable bonds is 6. The molecule has 0 saturated heterocycles. The molecule has 0 aromatic heterocycles. The molecular formula is C17H26N2O3. The van der Waals surface area contributed by atoms with Gasteiger partial charge in [0.1, 0.15) is 0 Å². The van der Waals surface area contributed by atoms with Gasteiger partial charge < -0.3 is 14.9 Å². The molecule has 2 amide bonds. The predicted octanol–water partition coefficient (Wildman–Crippen LogP) is 1.75. The number of carbonyl (C=O) groups is 2. The van der Waals surface area contributed by atoms with E-state index in [1.54, 1.807) is 38.1 Å². The van der Waals surface area contributed by atoms with Crippen LogP contribution in [-0.2, 0) is 11.3 Å². The zero-order valence-electron chi connectivity index (χ0n) is 14.0. The van der Waals surface area contributed by atoms with Crippen LogP contribution in [0.25, 0.3) is 0 Å². The van der Waals surface area contributed by atoms with Crippen LogP contribution in [0.1, 0.15) is 36.7 Å². The third-order valence-electron chi connectivity index (χ3n) is 3.38. The highest BCUT2D eigenvalue weighted by Gasteiger charge is 2.15. The highest BCUT2D eigenvalue weighted by atomic mass is 16.3. The number of aliphatic hydroxyl groups excluding tert-OH is 1. The zero-order valence-corrected chi connectivity index (χ0v) is 14.0. The van der Waals surface area contributed by atoms with Gasteiger partial charge in [-0.2, -0.15) is 0 Å². The lowest BCUT2D eigenvalue weighted by atomic mass is 10.1. The second-order valence-electron chi connectivity index (χ2n) is 6.08. The van der Waals surface area contributed by atoms with Crippen molar-refractivity contribution in [2.45, 2.75) is 33.4 Å². The smallest absolute Gasteiger partial charge is 0.253 e. The normalized spacial score (nSPS) is 12.1. The Hall–Kier alpha value is -1.88. The van der Waals surface area contributed by atoms with Gasteiger partial charge in [0.25, 0.3) is 5.91 Å². The molecule has 0 spiro atoms. The molecule has 0 aliphatic rings. The second-order valence-corrected chi connectivity index (χ2v) is 6.08. The molecule has 1 unspecified atom stereocenters. The van der Waals surface area contributed by atoms with Crippen LogP contribution in [-0.4, -0.2) is 53.5 Å². The van der Waals surface area contributed by atoms with Crippen LogP contribution in [0.3, 0.4) is 0 Å². The molecule has 1 N–H and O–H groups in total. The molecule has 22 heavy (non-hydrogen) atoms. The van der Waals surface area contributed by atoms with Crippen molar-refractivity contribution in [1.82, 2.24) is 9.80 Å². The van der Waals surface area contributed by atoms with Crippen molar-refractivity contribution in [2.75, 3.05) is 20.6 Å². The largest absolute Gasteiger partial charge is 0.392 e. The molecule has 1 rings (SSSR count). The van der Waals surface area contributed by atoms with E-state index in [0.29, 0.717) is 18.7 Å². The average molecular weight is 306 g/mol. The molecule has 0 radical (unpaired) electrons. The number of nitrogens with zero attached hydrogens (tertiary/aromatic N) is 2. The monoisotopic (exact) mass is 306 g/mol. The molecule has 1 aromatic rings. The van der Waals surface area contributed by atoms with Crippen LogP contribution in [0.4, 0.5) is 0 Å². The maximum absolute atomic E-state index is 12.2. The van der Waals surface area contributed by atoms with Crippen molar-refractivity contribution in [2.24, 2.45) is 5.92 Å². The first-order valence-corrected chi connectivity index (χ1v) is 7.49. The van der Waals surface area contributed by atoms with Gasteiger partial charge in [-0.05, 0) is 24.6 Å². The molecule has 0 saturated carbocycles. The summed E-state index contributed by atoms with van der Waals surface area (Å²) in [6, 6.07) is 7.22. The number of hydrogen-bond donors (Lipinski definition) is 1. The lowest BCUT2D eigenvalue weighted by Crippen LogP contribution is -2.33. The van der Waals surface area contributed by atoms with Crippen molar-refractivity contribution >= 4 is 11.8 Å². The van der Waals surface area contributed by atoms with Crippen molar-refractivity contribution < 1.29 is 14.7 Å². The summed E-state index contributed by atoms with van der Waals surface area (Å²) in [6.45, 7) is 6.22. The standard InChI is InChI=1S/C17H26N2O3/c1-12(2)16(21)19(5)11-14-6-8-15(9-7-14)17(22)18(4)10-13(3)20/h6-9,12-13,20H,10-11H2,1-5H3. The van der Waals surface area contributed by atoms with E-state index in [4.69, 9.17) is 0 Å². The molecule has 0 heterocycles. The average Bonchev–Trinajstić information content (AvgIpc) is 2.45. The van der Waals surface area contributed by atoms with Gasteiger partial charge in [-0.25, -0.2) is 0 Å². The maximum atomic E-state index is 12.2. The van der Waals surface area contributed by atoms with E-state index in [9.17, 15) is 14.7 Å². The van der Waals surface area contributed by atoms with Gasteiger partial charge in [0, 0.05) is 38.7 Å². The van der Waals surface area contributed by atoms with Crippen molar-refractivity contribution in [3.63, 3.8) is 0 Å². The molecule has 0 aliphatic heterocycles. The summed E-state index contributed by atoms with van der Waals surface area (Å²) in [5.41, 5.74) is 1.55. The number of benzene rings is 1. The fraction of sp³-hybridized carbons (Fsp3) is 0.529. The minimum atomic E-state index is -0.552. The SMILES string of the molecule is CC(O)CN(C)C(=O)c1ccc(CN(C)C(=O)C(C)C)cc1. The second kappa shape index (κ2) is 7.94. The molecule has 5 nitrogen and oxygen atoms in total. The summed E-state index contributed by atoms with van der Waals surface area (Å²) in [7, 11) is 3.44. The van der Waals surface area contributed by atoms with E-state index in [0.717, 1.165) is 5.56 Å². The van der Waals surface area contributed by atoms with E-state index >= 15 is 0 Å². The number of carbonyl (C=O) groups excluding carboxylic acids is 2. The van der Waals surface area contributed by atoms with Crippen molar-refractivity contribution in [1.29, 1.82) is 0 Å². The summed E-state index contributed by atoms with van der Waals surface area (Å²) in [5.74, 6) is -0.0594. The summed E-state index contributed by atoms with van der Waals surface area (Å²) >= 11 is 0. The van der Waals surface area contributed by atoms with Gasteiger partial charge in [-0.15, -0.1) is 0 Å². The third-order valence-corrected chi connectivity index (χ3v) is 3.38. The van der Waals surface area contributed by atoms with Crippen LogP contribution in [0.15, 0.2) is 24.3 Å². The van der Waals surface area contributed by atoms with E-state index in [1.807, 2.05) is 26.0 Å². The van der Waals surface area contributed by atoms with Gasteiger partial charge in [-0.1, -0.05) is 26.0 Å². The first-order valence-electron chi connectivity index (χ1n) is 7.49. The number of amides is 2. The van der Waals surface area contributed by atoms with Crippen molar-refractivity contribution in [3.05, 3.63) is 35.4 Å². The maximum Gasteiger partial charge on any atom is 0.253 e. The molecule has 122 valence electrons. The van der Waals surface area contributed by atoms with Crippen LogP contribution in [0, 0.1) is 5.92 Å². The first-order chi connectivity index (χ1) is 10.2. The predicted molar refractivity (Wildman–Crippen MR) is 86.4 cm³/mol. The van der Waals surface area contributed by atoms with E-state index in [2.05, 4.69) is 0 Å². The lowest BCUT2D eigenvalue weighted by Gasteiger charge is -2.20. The highest BCUT2D eigenvalue weighted by Crippen LogP contribution is 2.10. The summed E-state index contributed by atoms with van der Waals surface area (Å²) < 4.78 is 0. The molecular weight excluding hydrogens is 280 g/mol. The lowest BCUT2D eigenvalue weighted by molar-refractivity contribution is -0.133. The number of aliphatic hydroxyl groups is 1. The number of likely N-dealkylation sites (N-methyl/N-ethyl adjacent to an activating group) is 1. The topological polar surface area (TPSA) is 60.9 Å². The Labute approximate surface area is 132 Å². The molecule has 5 heteroatoms. The van der Waals surface area contributed by atoms with Gasteiger partial charge in [-0.3, -0.25) is 9.59 Å². The van der Waals surface area contributed by atoms with Gasteiger partial charge in [0.2, 0.25) is 5.91 Å². The zero-order chi connectivity index (χ0) is 16.9. The summed E-state index contributed by atoms with van der Waals surface area (Å²) in [4.78, 5) is 27.2. The minimum Gasteiger partial charge on any atom is -0.392 e. The first kappa shape index (κ1) is 18.2. The highest BCUT2D eigenvalue weighted by molar-refractivity contribution is 5.94. The molecule has 0 fully saturated rings. The van der Waals surface area contributed by atoms with E-state index < -0.39 is 6.10 Å². The minimum absolute atomic E-state index is 0.0278. The van der Waals surface area contributed by atoms with E-state index in [1.165, 1.54) is 4.90 Å². The molecule has 1 atom stereocenters. The van der Waals surface area contributed by atoms with Crippen LogP contribution in [0.2, 0.25) is 0 Å². The van der Waals surface area contributed by atoms with Crippen LogP contribution < -0.4 is 0 Å². The Morgan fingerprint density at radius 2 is 1.59 bits per heavy atom. The molecule has 1 aromatic carbocycles.